The fourth-order valence-corrected chi connectivity index (χ4v) is 3.52. The number of nitrogens with zero attached hydrogens (tertiary/aromatic N) is 1. The Hall–Kier alpha value is -1.72. The number of benzene rings is 1. The zero-order valence-corrected chi connectivity index (χ0v) is 13.2. The fourth-order valence-electron chi connectivity index (χ4n) is 3.52. The molecule has 0 bridgehead atoms. The first kappa shape index (κ1) is 16.1. The average molecular weight is 317 g/mol. The molecule has 1 aromatic rings. The van der Waals surface area contributed by atoms with Crippen LogP contribution < -0.4 is 0 Å². The molecule has 0 unspecified atom stereocenters. The van der Waals surface area contributed by atoms with Crippen LogP contribution in [0.4, 0.5) is 0 Å². The van der Waals surface area contributed by atoms with Gasteiger partial charge in [0.15, 0.2) is 0 Å². The summed E-state index contributed by atoms with van der Waals surface area (Å²) in [5.74, 6) is -0.732. The molecule has 1 aromatic carbocycles. The van der Waals surface area contributed by atoms with Crippen LogP contribution in [0.3, 0.4) is 0 Å². The molecule has 2 amide bonds. The fraction of sp³-hybridized carbons (Fsp3) is 0.556. The monoisotopic (exact) mass is 317 g/mol. The van der Waals surface area contributed by atoms with E-state index in [9.17, 15) is 14.7 Å². The van der Waals surface area contributed by atoms with Gasteiger partial charge in [0, 0.05) is 0 Å². The predicted molar refractivity (Wildman–Crippen MR) is 84.6 cm³/mol. The first-order valence-corrected chi connectivity index (χ1v) is 8.36. The second-order valence-corrected chi connectivity index (χ2v) is 6.32. The Morgan fingerprint density at radius 1 is 1.13 bits per heavy atom. The van der Waals surface area contributed by atoms with E-state index < -0.39 is 12.0 Å². The Labute approximate surface area is 136 Å². The van der Waals surface area contributed by atoms with Gasteiger partial charge in [-0.25, -0.2) is 0 Å². The quantitative estimate of drug-likeness (QED) is 0.839. The molecule has 3 atom stereocenters. The first-order chi connectivity index (χ1) is 11.2. The third-order valence-corrected chi connectivity index (χ3v) is 4.72. The van der Waals surface area contributed by atoms with Crippen LogP contribution >= 0.6 is 0 Å². The summed E-state index contributed by atoms with van der Waals surface area (Å²) in [6, 6.07) is 9.88. The summed E-state index contributed by atoms with van der Waals surface area (Å²) in [7, 11) is 0. The molecule has 5 heteroatoms. The molecule has 1 aliphatic heterocycles. The molecule has 0 spiro atoms. The van der Waals surface area contributed by atoms with Crippen LogP contribution in [0.15, 0.2) is 30.3 Å². The number of ether oxygens (including phenoxy) is 1. The number of imide groups is 1. The molecule has 1 aliphatic carbocycles. The molecule has 1 saturated heterocycles. The first-order valence-electron chi connectivity index (χ1n) is 8.36. The Kier molecular flexibility index (Phi) is 5.08. The molecule has 2 fully saturated rings. The molecule has 3 rings (SSSR count). The molecule has 1 heterocycles. The van der Waals surface area contributed by atoms with Gasteiger partial charge in [-0.15, -0.1) is 0 Å². The van der Waals surface area contributed by atoms with Gasteiger partial charge < -0.3 is 9.84 Å². The van der Waals surface area contributed by atoms with Crippen LogP contribution in [0.5, 0.6) is 0 Å². The molecule has 23 heavy (non-hydrogen) atoms. The third-order valence-electron chi connectivity index (χ3n) is 4.72. The largest absolute Gasteiger partial charge is 0.383 e. The van der Waals surface area contributed by atoms with Crippen molar-refractivity contribution < 1.29 is 19.4 Å². The Balaban J connectivity index is 1.60. The molecule has 5 nitrogen and oxygen atoms in total. The van der Waals surface area contributed by atoms with E-state index >= 15 is 0 Å². The minimum Gasteiger partial charge on any atom is -0.383 e. The van der Waals surface area contributed by atoms with E-state index in [1.54, 1.807) is 0 Å². The van der Waals surface area contributed by atoms with E-state index in [2.05, 4.69) is 12.1 Å². The van der Waals surface area contributed by atoms with Crippen molar-refractivity contribution in [1.29, 1.82) is 0 Å². The standard InChI is InChI=1S/C18H23NO4/c20-15-12-17(21)19(18(15)22)14-8-4-5-9-16(14)23-11-10-13-6-2-1-3-7-13/h1-3,6-7,14-16,20H,4-5,8-12H2/t14-,15-,16+/m1/s1. The minimum absolute atomic E-state index is 0.0912. The highest BCUT2D eigenvalue weighted by Gasteiger charge is 2.44. The van der Waals surface area contributed by atoms with Crippen molar-refractivity contribution in [3.8, 4) is 0 Å². The minimum atomic E-state index is -1.17. The molecule has 1 saturated carbocycles. The van der Waals surface area contributed by atoms with Crippen LogP contribution in [0.1, 0.15) is 37.7 Å². The molecule has 1 N–H and O–H groups in total. The van der Waals surface area contributed by atoms with Crippen molar-refractivity contribution in [2.75, 3.05) is 6.61 Å². The van der Waals surface area contributed by atoms with E-state index in [4.69, 9.17) is 4.74 Å². The van der Waals surface area contributed by atoms with E-state index in [1.807, 2.05) is 18.2 Å². The van der Waals surface area contributed by atoms with Crippen LogP contribution in [0.25, 0.3) is 0 Å². The second kappa shape index (κ2) is 7.23. The molecular formula is C18H23NO4. The highest BCUT2D eigenvalue weighted by molar-refractivity contribution is 6.05. The normalized spacial score (nSPS) is 28.4. The van der Waals surface area contributed by atoms with E-state index in [0.717, 1.165) is 32.1 Å². The van der Waals surface area contributed by atoms with Crippen LogP contribution in [0, 0.1) is 0 Å². The maximum atomic E-state index is 12.1. The van der Waals surface area contributed by atoms with Gasteiger partial charge in [0.25, 0.3) is 5.91 Å². The van der Waals surface area contributed by atoms with Gasteiger partial charge in [0.1, 0.15) is 6.10 Å². The predicted octanol–water partition coefficient (Wildman–Crippen LogP) is 1.68. The Morgan fingerprint density at radius 3 is 2.57 bits per heavy atom. The summed E-state index contributed by atoms with van der Waals surface area (Å²) in [6.45, 7) is 0.573. The summed E-state index contributed by atoms with van der Waals surface area (Å²) in [5, 5.41) is 9.63. The number of rotatable bonds is 5. The maximum Gasteiger partial charge on any atom is 0.258 e. The van der Waals surface area contributed by atoms with E-state index in [0.29, 0.717) is 6.61 Å². The van der Waals surface area contributed by atoms with Crippen molar-refractivity contribution in [2.45, 2.75) is 56.8 Å². The highest BCUT2D eigenvalue weighted by Crippen LogP contribution is 2.29. The number of aliphatic hydroxyl groups excluding tert-OH is 1. The van der Waals surface area contributed by atoms with E-state index in [-0.39, 0.29) is 24.5 Å². The number of likely N-dealkylation sites (tertiary alicyclic amines) is 1. The number of amides is 2. The van der Waals surface area contributed by atoms with Gasteiger partial charge in [0.2, 0.25) is 5.91 Å². The summed E-state index contributed by atoms with van der Waals surface area (Å²) in [4.78, 5) is 25.3. The van der Waals surface area contributed by atoms with Crippen molar-refractivity contribution in [3.63, 3.8) is 0 Å². The third kappa shape index (κ3) is 3.62. The van der Waals surface area contributed by atoms with Gasteiger partial charge in [-0.05, 0) is 24.8 Å². The summed E-state index contributed by atoms with van der Waals surface area (Å²) in [5.41, 5.74) is 1.21. The van der Waals surface area contributed by atoms with Crippen molar-refractivity contribution in [2.24, 2.45) is 0 Å². The lowest BCUT2D eigenvalue weighted by atomic mass is 9.91. The number of hydrogen-bond acceptors (Lipinski definition) is 4. The van der Waals surface area contributed by atoms with Crippen molar-refractivity contribution >= 4 is 11.8 Å². The SMILES string of the molecule is O=C1C[C@@H](O)C(=O)N1[C@@H]1CCCC[C@@H]1OCCc1ccccc1. The maximum absolute atomic E-state index is 12.1. The van der Waals surface area contributed by atoms with Crippen LogP contribution in [-0.2, 0) is 20.7 Å². The van der Waals surface area contributed by atoms with Crippen LogP contribution in [-0.4, -0.2) is 46.7 Å². The summed E-state index contributed by atoms with van der Waals surface area (Å²) in [6.07, 6.45) is 3.08. The topological polar surface area (TPSA) is 66.8 Å². The van der Waals surface area contributed by atoms with Crippen molar-refractivity contribution in [1.82, 2.24) is 4.90 Å². The van der Waals surface area contributed by atoms with Gasteiger partial charge in [-0.1, -0.05) is 43.2 Å². The van der Waals surface area contributed by atoms with Gasteiger partial charge in [-0.3, -0.25) is 14.5 Å². The zero-order chi connectivity index (χ0) is 16.2. The number of hydrogen-bond donors (Lipinski definition) is 1. The van der Waals surface area contributed by atoms with Crippen molar-refractivity contribution in [3.05, 3.63) is 35.9 Å². The second-order valence-electron chi connectivity index (χ2n) is 6.32. The molecule has 2 aliphatic rings. The molecular weight excluding hydrogens is 294 g/mol. The van der Waals surface area contributed by atoms with Gasteiger partial charge in [-0.2, -0.15) is 0 Å². The lowest BCUT2D eigenvalue weighted by Gasteiger charge is -2.36. The summed E-state index contributed by atoms with van der Waals surface area (Å²) >= 11 is 0. The highest BCUT2D eigenvalue weighted by atomic mass is 16.5. The van der Waals surface area contributed by atoms with Gasteiger partial charge >= 0.3 is 0 Å². The van der Waals surface area contributed by atoms with Crippen LogP contribution in [0.2, 0.25) is 0 Å². The van der Waals surface area contributed by atoms with E-state index in [1.165, 1.54) is 10.5 Å². The Bertz CT molecular complexity index is 559. The average Bonchev–Trinajstić information content (AvgIpc) is 2.82. The number of carbonyl (C=O) groups excluding carboxylic acids is 2. The lowest BCUT2D eigenvalue weighted by molar-refractivity contribution is -0.149. The lowest BCUT2D eigenvalue weighted by Crippen LogP contribution is -2.50. The molecule has 0 radical (unpaired) electrons. The molecule has 124 valence electrons. The summed E-state index contributed by atoms with van der Waals surface area (Å²) < 4.78 is 6.02. The number of carbonyl (C=O) groups is 2. The van der Waals surface area contributed by atoms with Gasteiger partial charge in [0.05, 0.1) is 25.2 Å². The molecule has 0 aromatic heterocycles. The zero-order valence-electron chi connectivity index (χ0n) is 13.2. The smallest absolute Gasteiger partial charge is 0.258 e. The number of aliphatic hydroxyl groups is 1. The Morgan fingerprint density at radius 2 is 1.87 bits per heavy atom.